The number of hydrogen-bond donors (Lipinski definition) is 2. The maximum Gasteiger partial charge on any atom is 0.321 e. The van der Waals surface area contributed by atoms with Gasteiger partial charge in [-0.25, -0.2) is 0 Å². The quantitative estimate of drug-likeness (QED) is 0.609. The fourth-order valence-corrected chi connectivity index (χ4v) is 1.64. The van der Waals surface area contributed by atoms with E-state index in [1.165, 1.54) is 0 Å². The van der Waals surface area contributed by atoms with Gasteiger partial charge >= 0.3 is 5.97 Å². The molecule has 13 heavy (non-hydrogen) atoms. The predicted molar refractivity (Wildman–Crippen MR) is 48.4 cm³/mol. The lowest BCUT2D eigenvalue weighted by molar-refractivity contribution is -0.142. The molecule has 0 radical (unpaired) electrons. The monoisotopic (exact) mass is 185 g/mol. The molecule has 1 aliphatic rings. The van der Waals surface area contributed by atoms with Gasteiger partial charge in [-0.15, -0.1) is 6.58 Å². The molecule has 1 heterocycles. The van der Waals surface area contributed by atoms with Crippen molar-refractivity contribution in [2.24, 2.45) is 0 Å². The topological polar surface area (TPSA) is 60.8 Å². The lowest BCUT2D eigenvalue weighted by Crippen LogP contribution is -2.36. The van der Waals surface area contributed by atoms with Crippen LogP contribution in [0.5, 0.6) is 0 Å². The van der Waals surface area contributed by atoms with Crippen LogP contribution in [0.2, 0.25) is 0 Å². The summed E-state index contributed by atoms with van der Waals surface area (Å²) < 4.78 is 0. The zero-order valence-corrected chi connectivity index (χ0v) is 7.52. The van der Waals surface area contributed by atoms with Gasteiger partial charge in [0, 0.05) is 19.5 Å². The lowest BCUT2D eigenvalue weighted by atomic mass is 10.2. The van der Waals surface area contributed by atoms with Gasteiger partial charge in [-0.2, -0.15) is 0 Å². The minimum absolute atomic E-state index is 0.340. The number of nitrogens with zero attached hydrogens (tertiary/aromatic N) is 1. The summed E-state index contributed by atoms with van der Waals surface area (Å²) in [7, 11) is 0. The summed E-state index contributed by atoms with van der Waals surface area (Å²) in [4.78, 5) is 12.5. The second-order valence-corrected chi connectivity index (χ2v) is 3.32. The highest BCUT2D eigenvalue weighted by molar-refractivity contribution is 5.74. The molecule has 4 heteroatoms. The molecule has 0 aromatic heterocycles. The number of aliphatic hydroxyl groups excluding tert-OH is 1. The van der Waals surface area contributed by atoms with Gasteiger partial charge in [-0.05, 0) is 6.42 Å². The van der Waals surface area contributed by atoms with Crippen LogP contribution >= 0.6 is 0 Å². The van der Waals surface area contributed by atoms with Crippen molar-refractivity contribution in [2.45, 2.75) is 25.0 Å². The first-order valence-electron chi connectivity index (χ1n) is 4.41. The number of aliphatic hydroxyl groups is 1. The van der Waals surface area contributed by atoms with E-state index in [1.54, 1.807) is 11.0 Å². The van der Waals surface area contributed by atoms with E-state index in [1.807, 2.05) is 0 Å². The smallest absolute Gasteiger partial charge is 0.321 e. The van der Waals surface area contributed by atoms with E-state index in [2.05, 4.69) is 6.58 Å². The zero-order valence-electron chi connectivity index (χ0n) is 7.52. The largest absolute Gasteiger partial charge is 0.480 e. The number of carbonyl (C=O) groups is 1. The molecule has 0 bridgehead atoms. The first kappa shape index (κ1) is 10.2. The third-order valence-corrected chi connectivity index (χ3v) is 2.29. The Kier molecular flexibility index (Phi) is 3.45. The number of β-amino-alcohol motifs (C(OH)–C–C–N with tert-alkyl or cyclic N) is 1. The number of hydrogen-bond acceptors (Lipinski definition) is 3. The molecular formula is C9H15NO3. The van der Waals surface area contributed by atoms with Crippen molar-refractivity contribution in [3.63, 3.8) is 0 Å². The van der Waals surface area contributed by atoms with E-state index < -0.39 is 18.1 Å². The molecule has 0 amide bonds. The van der Waals surface area contributed by atoms with Crippen molar-refractivity contribution >= 4 is 5.97 Å². The maximum absolute atomic E-state index is 10.7. The average molecular weight is 185 g/mol. The minimum atomic E-state index is -0.847. The van der Waals surface area contributed by atoms with Crippen LogP contribution in [0, 0.1) is 0 Å². The summed E-state index contributed by atoms with van der Waals surface area (Å²) in [5.41, 5.74) is 0. The van der Waals surface area contributed by atoms with Crippen LogP contribution in [0.25, 0.3) is 0 Å². The summed E-state index contributed by atoms with van der Waals surface area (Å²) in [5, 5.41) is 18.1. The first-order valence-corrected chi connectivity index (χ1v) is 4.41. The minimum Gasteiger partial charge on any atom is -0.480 e. The number of aliphatic carboxylic acids is 1. The first-order chi connectivity index (χ1) is 6.15. The van der Waals surface area contributed by atoms with Gasteiger partial charge in [0.05, 0.1) is 6.10 Å². The molecule has 74 valence electrons. The normalized spacial score (nSPS) is 29.0. The van der Waals surface area contributed by atoms with Crippen molar-refractivity contribution in [2.75, 3.05) is 13.1 Å². The van der Waals surface area contributed by atoms with Gasteiger partial charge in [0.2, 0.25) is 0 Å². The Morgan fingerprint density at radius 3 is 2.92 bits per heavy atom. The van der Waals surface area contributed by atoms with Gasteiger partial charge in [0.15, 0.2) is 0 Å². The molecule has 1 aliphatic heterocycles. The Bertz CT molecular complexity index is 205. The molecule has 0 aromatic carbocycles. The van der Waals surface area contributed by atoms with Gasteiger partial charge < -0.3 is 10.2 Å². The SMILES string of the molecule is C=CCCN1CC(O)CC1C(=O)O. The van der Waals surface area contributed by atoms with Crippen molar-refractivity contribution in [3.8, 4) is 0 Å². The molecule has 2 atom stereocenters. The molecule has 2 N–H and O–H groups in total. The van der Waals surface area contributed by atoms with Gasteiger partial charge in [0.25, 0.3) is 0 Å². The molecule has 0 aromatic rings. The average Bonchev–Trinajstić information content (AvgIpc) is 2.43. The Balaban J connectivity index is 2.50. The van der Waals surface area contributed by atoms with Crippen LogP contribution in [0.3, 0.4) is 0 Å². The zero-order chi connectivity index (χ0) is 9.84. The highest BCUT2D eigenvalue weighted by atomic mass is 16.4. The van der Waals surface area contributed by atoms with Crippen molar-refractivity contribution in [1.29, 1.82) is 0 Å². The number of carboxylic acid groups (broad SMARTS) is 1. The van der Waals surface area contributed by atoms with Crippen LogP contribution in [0.1, 0.15) is 12.8 Å². The van der Waals surface area contributed by atoms with Crippen LogP contribution < -0.4 is 0 Å². The fourth-order valence-electron chi connectivity index (χ4n) is 1.64. The van der Waals surface area contributed by atoms with Crippen LogP contribution in [-0.4, -0.2) is 46.3 Å². The Morgan fingerprint density at radius 2 is 2.38 bits per heavy atom. The summed E-state index contributed by atoms with van der Waals surface area (Å²) in [6.45, 7) is 4.70. The molecule has 1 rings (SSSR count). The Labute approximate surface area is 77.5 Å². The number of carboxylic acids is 1. The van der Waals surface area contributed by atoms with E-state index in [0.29, 0.717) is 19.5 Å². The highest BCUT2D eigenvalue weighted by Gasteiger charge is 2.35. The third kappa shape index (κ3) is 2.54. The van der Waals surface area contributed by atoms with E-state index >= 15 is 0 Å². The highest BCUT2D eigenvalue weighted by Crippen LogP contribution is 2.18. The van der Waals surface area contributed by atoms with Crippen molar-refractivity contribution in [1.82, 2.24) is 4.90 Å². The van der Waals surface area contributed by atoms with E-state index in [9.17, 15) is 9.90 Å². The van der Waals surface area contributed by atoms with Gasteiger partial charge in [0.1, 0.15) is 6.04 Å². The summed E-state index contributed by atoms with van der Waals surface area (Å²) in [6, 6.07) is -0.519. The number of likely N-dealkylation sites (tertiary alicyclic amines) is 1. The van der Waals surface area contributed by atoms with Gasteiger partial charge in [-0.3, -0.25) is 9.69 Å². The molecular weight excluding hydrogens is 170 g/mol. The second-order valence-electron chi connectivity index (χ2n) is 3.32. The second kappa shape index (κ2) is 4.39. The lowest BCUT2D eigenvalue weighted by Gasteiger charge is -2.19. The van der Waals surface area contributed by atoms with Crippen LogP contribution in [0.4, 0.5) is 0 Å². The predicted octanol–water partition coefficient (Wildman–Crippen LogP) is 0.0823. The molecule has 0 spiro atoms. The summed E-state index contributed by atoms with van der Waals surface area (Å²) in [6.07, 6.45) is 2.36. The molecule has 1 saturated heterocycles. The van der Waals surface area contributed by atoms with Crippen LogP contribution in [0.15, 0.2) is 12.7 Å². The van der Waals surface area contributed by atoms with Crippen molar-refractivity contribution < 1.29 is 15.0 Å². The van der Waals surface area contributed by atoms with E-state index in [4.69, 9.17) is 5.11 Å². The third-order valence-electron chi connectivity index (χ3n) is 2.29. The molecule has 0 aliphatic carbocycles. The van der Waals surface area contributed by atoms with E-state index in [-0.39, 0.29) is 0 Å². The standard InChI is InChI=1S/C9H15NO3/c1-2-3-4-10-6-7(11)5-8(10)9(12)13/h2,7-8,11H,1,3-6H2,(H,12,13). The summed E-state index contributed by atoms with van der Waals surface area (Å²) in [5.74, 6) is -0.847. The summed E-state index contributed by atoms with van der Waals surface area (Å²) >= 11 is 0. The Morgan fingerprint density at radius 1 is 1.69 bits per heavy atom. The maximum atomic E-state index is 10.7. The number of rotatable bonds is 4. The Hall–Kier alpha value is -0.870. The molecule has 0 saturated carbocycles. The molecule has 2 unspecified atom stereocenters. The van der Waals surface area contributed by atoms with Crippen LogP contribution in [-0.2, 0) is 4.79 Å². The van der Waals surface area contributed by atoms with Gasteiger partial charge in [-0.1, -0.05) is 6.08 Å². The molecule has 4 nitrogen and oxygen atoms in total. The molecule has 1 fully saturated rings. The van der Waals surface area contributed by atoms with Crippen molar-refractivity contribution in [3.05, 3.63) is 12.7 Å². The van der Waals surface area contributed by atoms with E-state index in [0.717, 1.165) is 6.42 Å². The fraction of sp³-hybridized carbons (Fsp3) is 0.667.